The van der Waals surface area contributed by atoms with Crippen LogP contribution in [0.5, 0.6) is 5.75 Å². The first-order valence-electron chi connectivity index (χ1n) is 8.51. The molecule has 132 valence electrons. The predicted molar refractivity (Wildman–Crippen MR) is 94.3 cm³/mol. The molecule has 1 N–H and O–H groups in total. The molecule has 1 heterocycles. The van der Waals surface area contributed by atoms with Crippen LogP contribution in [-0.4, -0.2) is 56.5 Å². The topological polar surface area (TPSA) is 61.9 Å². The predicted octanol–water partition coefficient (Wildman–Crippen LogP) is 1.65. The first-order chi connectivity index (χ1) is 11.5. The second-order valence-corrected chi connectivity index (χ2v) is 6.23. The lowest BCUT2D eigenvalue weighted by Gasteiger charge is -2.33. The minimum Gasteiger partial charge on any atom is -0.478 e. The zero-order chi connectivity index (χ0) is 17.5. The number of anilines is 1. The third-order valence-electron chi connectivity index (χ3n) is 4.00. The van der Waals surface area contributed by atoms with E-state index < -0.39 is 6.10 Å². The molecule has 1 unspecified atom stereocenters. The quantitative estimate of drug-likeness (QED) is 0.735. The van der Waals surface area contributed by atoms with Crippen LogP contribution in [0.2, 0.25) is 0 Å². The van der Waals surface area contributed by atoms with Gasteiger partial charge in [0.05, 0.1) is 5.69 Å². The Balaban J connectivity index is 1.91. The number of rotatable bonds is 8. The molecule has 1 aromatic carbocycles. The molecule has 1 aliphatic rings. The first kappa shape index (κ1) is 18.3. The smallest absolute Gasteiger partial charge is 0.268 e. The molecule has 0 fully saturated rings. The van der Waals surface area contributed by atoms with Crippen molar-refractivity contribution in [3.05, 3.63) is 24.3 Å². The van der Waals surface area contributed by atoms with Crippen LogP contribution in [-0.2, 0) is 9.59 Å². The van der Waals surface area contributed by atoms with Crippen molar-refractivity contribution in [1.82, 2.24) is 10.2 Å². The summed E-state index contributed by atoms with van der Waals surface area (Å²) in [6, 6.07) is 7.47. The van der Waals surface area contributed by atoms with Crippen LogP contribution in [0.1, 0.15) is 26.2 Å². The van der Waals surface area contributed by atoms with Crippen LogP contribution >= 0.6 is 0 Å². The minimum absolute atomic E-state index is 0.0291. The lowest BCUT2D eigenvalue weighted by Crippen LogP contribution is -2.46. The van der Waals surface area contributed by atoms with E-state index in [9.17, 15) is 9.59 Å². The zero-order valence-corrected chi connectivity index (χ0v) is 14.7. The highest BCUT2D eigenvalue weighted by Crippen LogP contribution is 2.34. The molecule has 0 spiro atoms. The van der Waals surface area contributed by atoms with E-state index in [1.165, 1.54) is 0 Å². The fraction of sp³-hybridized carbons (Fsp3) is 0.556. The van der Waals surface area contributed by atoms with Gasteiger partial charge in [0.25, 0.3) is 5.91 Å². The molecule has 1 aliphatic heterocycles. The maximum absolute atomic E-state index is 12.5. The van der Waals surface area contributed by atoms with Gasteiger partial charge in [-0.3, -0.25) is 9.59 Å². The van der Waals surface area contributed by atoms with E-state index in [0.29, 0.717) is 31.7 Å². The summed E-state index contributed by atoms with van der Waals surface area (Å²) in [7, 11) is 4.01. The van der Waals surface area contributed by atoms with Gasteiger partial charge >= 0.3 is 0 Å². The average molecular weight is 333 g/mol. The van der Waals surface area contributed by atoms with Crippen molar-refractivity contribution < 1.29 is 14.3 Å². The van der Waals surface area contributed by atoms with Crippen molar-refractivity contribution in [3.63, 3.8) is 0 Å². The van der Waals surface area contributed by atoms with Crippen LogP contribution in [0.15, 0.2) is 24.3 Å². The third kappa shape index (κ3) is 4.71. The van der Waals surface area contributed by atoms with Gasteiger partial charge in [0.2, 0.25) is 5.91 Å². The van der Waals surface area contributed by atoms with Crippen LogP contribution in [0, 0.1) is 0 Å². The van der Waals surface area contributed by atoms with Crippen molar-refractivity contribution in [1.29, 1.82) is 0 Å². The summed E-state index contributed by atoms with van der Waals surface area (Å²) in [4.78, 5) is 28.3. The van der Waals surface area contributed by atoms with E-state index in [4.69, 9.17) is 4.74 Å². The van der Waals surface area contributed by atoms with E-state index in [1.807, 2.05) is 45.3 Å². The summed E-state index contributed by atoms with van der Waals surface area (Å²) in [5.41, 5.74) is 0.743. The fourth-order valence-corrected chi connectivity index (χ4v) is 2.69. The third-order valence-corrected chi connectivity index (χ3v) is 4.00. The van der Waals surface area contributed by atoms with Gasteiger partial charge < -0.3 is 19.9 Å². The molecule has 0 aliphatic carbocycles. The Morgan fingerprint density at radius 1 is 1.33 bits per heavy atom. The number of para-hydroxylation sites is 2. The lowest BCUT2D eigenvalue weighted by atomic mass is 10.1. The number of fused-ring (bicyclic) bond motifs is 1. The highest BCUT2D eigenvalue weighted by Gasteiger charge is 2.32. The summed E-state index contributed by atoms with van der Waals surface area (Å²) in [6.45, 7) is 3.89. The first-order valence-corrected chi connectivity index (χ1v) is 8.51. The molecular weight excluding hydrogens is 306 g/mol. The SMILES string of the molecule is CCC1Oc2ccccc2N(CCC(=O)NCCCN(C)C)C1=O. The number of amides is 2. The van der Waals surface area contributed by atoms with E-state index >= 15 is 0 Å². The maximum Gasteiger partial charge on any atom is 0.268 e. The van der Waals surface area contributed by atoms with Crippen molar-refractivity contribution in [2.24, 2.45) is 0 Å². The molecule has 0 bridgehead atoms. The highest BCUT2D eigenvalue weighted by atomic mass is 16.5. The Bertz CT molecular complexity index is 574. The minimum atomic E-state index is -0.469. The number of carbonyl (C=O) groups excluding carboxylic acids is 2. The molecule has 0 saturated carbocycles. The number of hydrogen-bond donors (Lipinski definition) is 1. The van der Waals surface area contributed by atoms with Crippen LogP contribution in [0.3, 0.4) is 0 Å². The molecule has 6 heteroatoms. The molecular formula is C18H27N3O3. The number of carbonyl (C=O) groups is 2. The second kappa shape index (κ2) is 8.68. The van der Waals surface area contributed by atoms with Crippen molar-refractivity contribution >= 4 is 17.5 Å². The number of nitrogens with zero attached hydrogens (tertiary/aromatic N) is 2. The van der Waals surface area contributed by atoms with Gasteiger partial charge in [-0.25, -0.2) is 0 Å². The molecule has 0 radical (unpaired) electrons. The summed E-state index contributed by atoms with van der Waals surface area (Å²) in [6.07, 6.45) is 1.34. The molecule has 6 nitrogen and oxygen atoms in total. The van der Waals surface area contributed by atoms with Gasteiger partial charge in [-0.1, -0.05) is 19.1 Å². The molecule has 1 aromatic rings. The van der Waals surface area contributed by atoms with Crippen molar-refractivity contribution in [3.8, 4) is 5.75 Å². The molecule has 0 aromatic heterocycles. The lowest BCUT2D eigenvalue weighted by molar-refractivity contribution is -0.126. The fourth-order valence-electron chi connectivity index (χ4n) is 2.69. The largest absolute Gasteiger partial charge is 0.478 e. The van der Waals surface area contributed by atoms with Gasteiger partial charge in [-0.2, -0.15) is 0 Å². The Hall–Kier alpha value is -2.08. The Kier molecular flexibility index (Phi) is 6.61. The van der Waals surface area contributed by atoms with Crippen LogP contribution < -0.4 is 15.0 Å². The van der Waals surface area contributed by atoms with Gasteiger partial charge in [-0.15, -0.1) is 0 Å². The van der Waals surface area contributed by atoms with Gasteiger partial charge in [0.1, 0.15) is 5.75 Å². The Morgan fingerprint density at radius 3 is 2.79 bits per heavy atom. The van der Waals surface area contributed by atoms with Crippen molar-refractivity contribution in [2.45, 2.75) is 32.3 Å². The Morgan fingerprint density at radius 2 is 2.08 bits per heavy atom. The number of nitrogens with one attached hydrogen (secondary N) is 1. The Labute approximate surface area is 143 Å². The molecule has 2 rings (SSSR count). The molecule has 24 heavy (non-hydrogen) atoms. The summed E-state index contributed by atoms with van der Waals surface area (Å²) >= 11 is 0. The maximum atomic E-state index is 12.5. The number of ether oxygens (including phenoxy) is 1. The van der Waals surface area contributed by atoms with E-state index in [0.717, 1.165) is 18.7 Å². The standard InChI is InChI=1S/C18H27N3O3/c1-4-15-18(23)21(14-8-5-6-9-16(14)24-15)13-10-17(22)19-11-7-12-20(2)3/h5-6,8-9,15H,4,7,10-13H2,1-3H3,(H,19,22). The van der Waals surface area contributed by atoms with E-state index in [2.05, 4.69) is 10.2 Å². The van der Waals surface area contributed by atoms with Gasteiger partial charge in [0.15, 0.2) is 6.10 Å². The van der Waals surface area contributed by atoms with Crippen molar-refractivity contribution in [2.75, 3.05) is 38.6 Å². The molecule has 1 atom stereocenters. The van der Waals surface area contributed by atoms with Gasteiger partial charge in [-0.05, 0) is 45.6 Å². The summed E-state index contributed by atoms with van der Waals surface area (Å²) < 4.78 is 5.74. The van der Waals surface area contributed by atoms with Crippen LogP contribution in [0.4, 0.5) is 5.69 Å². The monoisotopic (exact) mass is 333 g/mol. The number of hydrogen-bond acceptors (Lipinski definition) is 4. The second-order valence-electron chi connectivity index (χ2n) is 6.23. The van der Waals surface area contributed by atoms with Crippen LogP contribution in [0.25, 0.3) is 0 Å². The zero-order valence-electron chi connectivity index (χ0n) is 14.7. The normalized spacial score (nSPS) is 16.8. The number of benzene rings is 1. The van der Waals surface area contributed by atoms with E-state index in [-0.39, 0.29) is 11.8 Å². The van der Waals surface area contributed by atoms with Gasteiger partial charge in [0, 0.05) is 19.5 Å². The average Bonchev–Trinajstić information content (AvgIpc) is 2.57. The van der Waals surface area contributed by atoms with E-state index in [1.54, 1.807) is 4.90 Å². The summed E-state index contributed by atoms with van der Waals surface area (Å²) in [5.74, 6) is 0.602. The molecule has 2 amide bonds. The summed E-state index contributed by atoms with van der Waals surface area (Å²) in [5, 5.41) is 2.91. The molecule has 0 saturated heterocycles. The highest BCUT2D eigenvalue weighted by molar-refractivity contribution is 6.00.